The fraction of sp³-hybridized carbons (Fsp3) is 0.750. The molecule has 5 heteroatoms. The van der Waals surface area contributed by atoms with Crippen molar-refractivity contribution in [2.75, 3.05) is 0 Å². The second-order valence-corrected chi connectivity index (χ2v) is 12.1. The maximum absolute atomic E-state index is 13.5. The molecule has 4 fully saturated rings. The zero-order valence-electron chi connectivity index (χ0n) is 20.2. The van der Waals surface area contributed by atoms with Crippen LogP contribution in [0.15, 0.2) is 24.3 Å². The van der Waals surface area contributed by atoms with Gasteiger partial charge >= 0.3 is 0 Å². The average Bonchev–Trinajstić information content (AvgIpc) is 3.38. The Labute approximate surface area is 197 Å². The van der Waals surface area contributed by atoms with Crippen LogP contribution in [0.25, 0.3) is 11.0 Å². The Morgan fingerprint density at radius 3 is 2.45 bits per heavy atom. The highest BCUT2D eigenvalue weighted by Crippen LogP contribution is 2.64. The van der Waals surface area contributed by atoms with Gasteiger partial charge in [-0.3, -0.25) is 4.79 Å². The van der Waals surface area contributed by atoms with Gasteiger partial charge in [0.15, 0.2) is 5.78 Å². The van der Waals surface area contributed by atoms with Crippen LogP contribution in [0.5, 0.6) is 0 Å². The van der Waals surface area contributed by atoms with Crippen LogP contribution in [0.2, 0.25) is 0 Å². The SMILES string of the molecule is CCC1(O)CCC2C(CCC3C2CCC2(C)C(C(=O)Cn4nc5ccccc5n4)CCC32)C1. The second-order valence-electron chi connectivity index (χ2n) is 12.1. The zero-order chi connectivity index (χ0) is 22.8. The standard InChI is InChI=1S/C28H39N3O2/c1-3-28(33)15-13-19-18(16-28)8-9-21-20(19)12-14-27(2)22(21)10-11-23(27)26(32)17-31-29-24-6-4-5-7-25(24)30-31/h4-7,18-23,33H,3,8-17H2,1-2H3. The number of benzene rings is 1. The number of aromatic nitrogens is 3. The maximum Gasteiger partial charge on any atom is 0.159 e. The smallest absolute Gasteiger partial charge is 0.159 e. The lowest BCUT2D eigenvalue weighted by atomic mass is 9.48. The lowest BCUT2D eigenvalue weighted by molar-refractivity contribution is -0.133. The molecular weight excluding hydrogens is 410 g/mol. The fourth-order valence-electron chi connectivity index (χ4n) is 9.04. The summed E-state index contributed by atoms with van der Waals surface area (Å²) in [4.78, 5) is 15.1. The maximum atomic E-state index is 13.5. The van der Waals surface area contributed by atoms with E-state index in [9.17, 15) is 9.90 Å². The van der Waals surface area contributed by atoms with Crippen molar-refractivity contribution in [2.45, 2.75) is 90.2 Å². The minimum atomic E-state index is -0.409. The van der Waals surface area contributed by atoms with E-state index in [0.29, 0.717) is 24.2 Å². The van der Waals surface area contributed by atoms with E-state index in [4.69, 9.17) is 0 Å². The van der Waals surface area contributed by atoms with E-state index in [2.05, 4.69) is 24.0 Å². The topological polar surface area (TPSA) is 68.0 Å². The lowest BCUT2D eigenvalue weighted by Crippen LogP contribution is -2.51. The molecule has 0 spiro atoms. The summed E-state index contributed by atoms with van der Waals surface area (Å²) in [5.41, 5.74) is 1.45. The van der Waals surface area contributed by atoms with Gasteiger partial charge in [-0.15, -0.1) is 0 Å². The number of rotatable bonds is 4. The van der Waals surface area contributed by atoms with Gasteiger partial charge in [-0.25, -0.2) is 0 Å². The van der Waals surface area contributed by atoms with Gasteiger partial charge in [-0.2, -0.15) is 15.0 Å². The van der Waals surface area contributed by atoms with Crippen LogP contribution in [-0.4, -0.2) is 31.5 Å². The highest BCUT2D eigenvalue weighted by molar-refractivity contribution is 5.82. The molecule has 1 heterocycles. The number of carbonyl (C=O) groups is 1. The molecule has 8 unspecified atom stereocenters. The predicted molar refractivity (Wildman–Crippen MR) is 128 cm³/mol. The number of fused-ring (bicyclic) bond motifs is 6. The molecule has 33 heavy (non-hydrogen) atoms. The summed E-state index contributed by atoms with van der Waals surface area (Å²) in [6, 6.07) is 7.85. The Balaban J connectivity index is 1.17. The van der Waals surface area contributed by atoms with Crippen LogP contribution in [0.4, 0.5) is 0 Å². The van der Waals surface area contributed by atoms with E-state index in [1.807, 2.05) is 24.3 Å². The molecule has 0 amide bonds. The molecule has 0 aliphatic heterocycles. The van der Waals surface area contributed by atoms with E-state index in [0.717, 1.165) is 54.5 Å². The number of carbonyl (C=O) groups excluding carboxylic acids is 1. The van der Waals surface area contributed by atoms with Crippen LogP contribution >= 0.6 is 0 Å². The minimum Gasteiger partial charge on any atom is -0.390 e. The van der Waals surface area contributed by atoms with E-state index in [-0.39, 0.29) is 11.3 Å². The van der Waals surface area contributed by atoms with Crippen molar-refractivity contribution in [2.24, 2.45) is 40.9 Å². The fourth-order valence-corrected chi connectivity index (χ4v) is 9.04. The Hall–Kier alpha value is -1.75. The Morgan fingerprint density at radius 2 is 1.73 bits per heavy atom. The van der Waals surface area contributed by atoms with Crippen molar-refractivity contribution in [3.05, 3.63) is 24.3 Å². The summed E-state index contributed by atoms with van der Waals surface area (Å²) in [5, 5.41) is 20.0. The second kappa shape index (κ2) is 7.90. The minimum absolute atomic E-state index is 0.135. The van der Waals surface area contributed by atoms with Gasteiger partial charge in [0.25, 0.3) is 0 Å². The number of nitrogens with zero attached hydrogens (tertiary/aromatic N) is 3. The molecule has 0 saturated heterocycles. The van der Waals surface area contributed by atoms with Crippen molar-refractivity contribution >= 4 is 16.8 Å². The summed E-state index contributed by atoms with van der Waals surface area (Å²) >= 11 is 0. The molecule has 5 nitrogen and oxygen atoms in total. The van der Waals surface area contributed by atoms with Gasteiger partial charge < -0.3 is 5.11 Å². The third-order valence-electron chi connectivity index (χ3n) is 10.8. The molecule has 6 rings (SSSR count). The highest BCUT2D eigenvalue weighted by Gasteiger charge is 2.58. The van der Waals surface area contributed by atoms with Crippen molar-refractivity contribution in [1.29, 1.82) is 0 Å². The summed E-state index contributed by atoms with van der Waals surface area (Å²) in [7, 11) is 0. The van der Waals surface area contributed by atoms with Gasteiger partial charge in [0.05, 0.1) is 5.60 Å². The summed E-state index contributed by atoms with van der Waals surface area (Å²) in [6.07, 6.45) is 11.4. The molecule has 2 aromatic rings. The Bertz CT molecular complexity index is 1020. The van der Waals surface area contributed by atoms with Crippen molar-refractivity contribution in [1.82, 2.24) is 15.0 Å². The number of hydrogen-bond donors (Lipinski definition) is 1. The van der Waals surface area contributed by atoms with E-state index >= 15 is 0 Å². The van der Waals surface area contributed by atoms with Crippen LogP contribution in [0.1, 0.15) is 78.1 Å². The molecule has 1 N–H and O–H groups in total. The highest BCUT2D eigenvalue weighted by atomic mass is 16.3. The first-order valence-corrected chi connectivity index (χ1v) is 13.5. The van der Waals surface area contributed by atoms with E-state index in [1.54, 1.807) is 4.80 Å². The van der Waals surface area contributed by atoms with E-state index < -0.39 is 5.60 Å². The molecule has 4 aliphatic carbocycles. The first-order chi connectivity index (χ1) is 15.9. The lowest BCUT2D eigenvalue weighted by Gasteiger charge is -2.57. The van der Waals surface area contributed by atoms with Crippen LogP contribution < -0.4 is 0 Å². The van der Waals surface area contributed by atoms with Crippen LogP contribution in [0.3, 0.4) is 0 Å². The molecule has 4 aliphatic rings. The summed E-state index contributed by atoms with van der Waals surface area (Å²) in [5.74, 6) is 4.27. The third-order valence-corrected chi connectivity index (χ3v) is 10.8. The summed E-state index contributed by atoms with van der Waals surface area (Å²) < 4.78 is 0. The van der Waals surface area contributed by atoms with Crippen LogP contribution in [0, 0.1) is 40.9 Å². The molecule has 8 atom stereocenters. The number of hydrogen-bond acceptors (Lipinski definition) is 4. The van der Waals surface area contributed by atoms with Gasteiger partial charge in [0.2, 0.25) is 0 Å². The van der Waals surface area contributed by atoms with Gasteiger partial charge in [-0.1, -0.05) is 26.0 Å². The number of aliphatic hydroxyl groups is 1. The quantitative estimate of drug-likeness (QED) is 0.678. The molecule has 1 aromatic heterocycles. The monoisotopic (exact) mass is 449 g/mol. The van der Waals surface area contributed by atoms with Gasteiger partial charge in [-0.05, 0) is 111 Å². The molecule has 0 radical (unpaired) electrons. The molecule has 178 valence electrons. The Kier molecular flexibility index (Phi) is 5.21. The van der Waals surface area contributed by atoms with Gasteiger partial charge in [0, 0.05) is 5.92 Å². The van der Waals surface area contributed by atoms with Gasteiger partial charge in [0.1, 0.15) is 17.6 Å². The first kappa shape index (κ1) is 21.8. The largest absolute Gasteiger partial charge is 0.390 e. The van der Waals surface area contributed by atoms with Crippen molar-refractivity contribution in [3.8, 4) is 0 Å². The molecular formula is C28H39N3O2. The number of Topliss-reactive ketones (excluding diaryl/α,β-unsaturated/α-hetero) is 1. The average molecular weight is 450 g/mol. The third kappa shape index (κ3) is 3.48. The van der Waals surface area contributed by atoms with Crippen molar-refractivity contribution in [3.63, 3.8) is 0 Å². The van der Waals surface area contributed by atoms with E-state index in [1.165, 1.54) is 38.5 Å². The normalized spacial score (nSPS) is 42.5. The molecule has 1 aromatic carbocycles. The summed E-state index contributed by atoms with van der Waals surface area (Å²) in [6.45, 7) is 4.88. The number of ketones is 1. The van der Waals surface area contributed by atoms with Crippen LogP contribution in [-0.2, 0) is 11.3 Å². The molecule has 4 saturated carbocycles. The first-order valence-electron chi connectivity index (χ1n) is 13.5. The Morgan fingerprint density at radius 1 is 1.00 bits per heavy atom. The molecule has 0 bridgehead atoms. The zero-order valence-corrected chi connectivity index (χ0v) is 20.2. The van der Waals surface area contributed by atoms with Crippen molar-refractivity contribution < 1.29 is 9.90 Å². The predicted octanol–water partition coefficient (Wildman–Crippen LogP) is 5.41.